The van der Waals surface area contributed by atoms with Crippen molar-refractivity contribution < 1.29 is 14.3 Å². The van der Waals surface area contributed by atoms with Crippen LogP contribution in [0.15, 0.2) is 60.7 Å². The molecule has 1 amide bonds. The number of fused-ring (bicyclic) bond motifs is 1. The molecule has 5 rings (SSSR count). The van der Waals surface area contributed by atoms with Crippen LogP contribution in [0.5, 0.6) is 11.5 Å². The van der Waals surface area contributed by atoms with Crippen molar-refractivity contribution in [3.05, 3.63) is 87.9 Å². The standard InChI is InChI=1S/C33H40ClN3O3/c1-5-21(2)40-31-19-29-25(17-30(31)39-4)18-32(38)37(33(29)24-8-12-26(34)13-9-24)28-14-10-23(11-15-28)22(3)36-16-6-7-27(35)20-36/h8-15,17,19,21-22,27,33H,5-7,16,18,20,35H2,1-4H3. The molecule has 3 aromatic carbocycles. The van der Waals surface area contributed by atoms with Crippen LogP contribution in [0.1, 0.15) is 74.4 Å². The van der Waals surface area contributed by atoms with Gasteiger partial charge in [-0.1, -0.05) is 42.8 Å². The average Bonchev–Trinajstić information content (AvgIpc) is 2.96. The highest BCUT2D eigenvalue weighted by Gasteiger charge is 2.36. The number of carbonyl (C=O) groups excluding carboxylic acids is 1. The van der Waals surface area contributed by atoms with Crippen LogP contribution in [0.2, 0.25) is 5.02 Å². The minimum atomic E-state index is -0.331. The van der Waals surface area contributed by atoms with Gasteiger partial charge in [0.2, 0.25) is 5.91 Å². The first-order valence-corrected chi connectivity index (χ1v) is 14.7. The normalized spacial score (nSPS) is 21.1. The number of anilines is 1. The van der Waals surface area contributed by atoms with Crippen LogP contribution in [0.4, 0.5) is 5.69 Å². The molecule has 0 aromatic heterocycles. The first kappa shape index (κ1) is 28.5. The van der Waals surface area contributed by atoms with Crippen LogP contribution in [0.3, 0.4) is 0 Å². The lowest BCUT2D eigenvalue weighted by Crippen LogP contribution is -2.43. The monoisotopic (exact) mass is 561 g/mol. The Kier molecular flexibility index (Phi) is 8.69. The molecule has 0 aliphatic carbocycles. The van der Waals surface area contributed by atoms with Crippen LogP contribution in [-0.2, 0) is 11.2 Å². The number of carbonyl (C=O) groups is 1. The van der Waals surface area contributed by atoms with Gasteiger partial charge in [-0.15, -0.1) is 0 Å². The van der Waals surface area contributed by atoms with Crippen molar-refractivity contribution in [1.29, 1.82) is 0 Å². The molecule has 2 N–H and O–H groups in total. The van der Waals surface area contributed by atoms with Gasteiger partial charge in [0.15, 0.2) is 11.5 Å². The van der Waals surface area contributed by atoms with Crippen molar-refractivity contribution in [2.45, 2.75) is 70.7 Å². The van der Waals surface area contributed by atoms with E-state index < -0.39 is 0 Å². The highest BCUT2D eigenvalue weighted by molar-refractivity contribution is 6.30. The molecular formula is C33H40ClN3O3. The number of rotatable bonds is 8. The number of benzene rings is 3. The molecule has 4 atom stereocenters. The molecule has 0 bridgehead atoms. The zero-order chi connectivity index (χ0) is 28.4. The Morgan fingerprint density at radius 3 is 2.42 bits per heavy atom. The zero-order valence-electron chi connectivity index (χ0n) is 23.9. The first-order valence-electron chi connectivity index (χ1n) is 14.3. The molecule has 0 radical (unpaired) electrons. The highest BCUT2D eigenvalue weighted by atomic mass is 35.5. The molecule has 2 aliphatic rings. The Morgan fingerprint density at radius 1 is 1.05 bits per heavy atom. The molecule has 40 heavy (non-hydrogen) atoms. The van der Waals surface area contributed by atoms with E-state index in [1.54, 1.807) is 7.11 Å². The Hall–Kier alpha value is -3.06. The van der Waals surface area contributed by atoms with Gasteiger partial charge in [0, 0.05) is 29.3 Å². The van der Waals surface area contributed by atoms with Gasteiger partial charge >= 0.3 is 0 Å². The lowest BCUT2D eigenvalue weighted by molar-refractivity contribution is -0.118. The van der Waals surface area contributed by atoms with Gasteiger partial charge in [-0.2, -0.15) is 0 Å². The minimum Gasteiger partial charge on any atom is -0.493 e. The van der Waals surface area contributed by atoms with E-state index >= 15 is 0 Å². The van der Waals surface area contributed by atoms with E-state index in [4.69, 9.17) is 26.8 Å². The third-order valence-corrected chi connectivity index (χ3v) is 8.62. The summed E-state index contributed by atoms with van der Waals surface area (Å²) in [6.07, 6.45) is 3.40. The summed E-state index contributed by atoms with van der Waals surface area (Å²) in [7, 11) is 1.64. The van der Waals surface area contributed by atoms with Crippen molar-refractivity contribution in [3.8, 4) is 11.5 Å². The molecule has 4 unspecified atom stereocenters. The van der Waals surface area contributed by atoms with Gasteiger partial charge in [0.1, 0.15) is 0 Å². The summed E-state index contributed by atoms with van der Waals surface area (Å²) in [6, 6.07) is 20.4. The molecule has 212 valence electrons. The van der Waals surface area contributed by atoms with E-state index in [0.29, 0.717) is 16.5 Å². The van der Waals surface area contributed by atoms with Gasteiger partial charge in [-0.25, -0.2) is 0 Å². The van der Waals surface area contributed by atoms with Gasteiger partial charge in [0.05, 0.1) is 25.7 Å². The third kappa shape index (κ3) is 5.85. The lowest BCUT2D eigenvalue weighted by atomic mass is 9.86. The summed E-state index contributed by atoms with van der Waals surface area (Å²) in [4.78, 5) is 18.2. The van der Waals surface area contributed by atoms with Gasteiger partial charge in [-0.05, 0) is 98.3 Å². The van der Waals surface area contributed by atoms with E-state index in [-0.39, 0.29) is 36.6 Å². The average molecular weight is 562 g/mol. The molecule has 1 fully saturated rings. The second-order valence-corrected chi connectivity index (χ2v) is 11.5. The maximum Gasteiger partial charge on any atom is 0.232 e. The quantitative estimate of drug-likeness (QED) is 0.332. The van der Waals surface area contributed by atoms with Crippen molar-refractivity contribution >= 4 is 23.2 Å². The number of ether oxygens (including phenoxy) is 2. The van der Waals surface area contributed by atoms with Crippen LogP contribution >= 0.6 is 11.6 Å². The predicted octanol–water partition coefficient (Wildman–Crippen LogP) is 6.69. The number of nitrogens with two attached hydrogens (primary N) is 1. The summed E-state index contributed by atoms with van der Waals surface area (Å²) in [5.74, 6) is 1.37. The Bertz CT molecular complexity index is 1330. The highest BCUT2D eigenvalue weighted by Crippen LogP contribution is 2.44. The van der Waals surface area contributed by atoms with Gasteiger partial charge in [0.25, 0.3) is 0 Å². The number of halogens is 1. The van der Waals surface area contributed by atoms with Gasteiger partial charge in [-0.3, -0.25) is 9.69 Å². The molecular weight excluding hydrogens is 522 g/mol. The maximum atomic E-state index is 13.8. The molecule has 3 aromatic rings. The van der Waals surface area contributed by atoms with Crippen molar-refractivity contribution in [1.82, 2.24) is 4.90 Å². The van der Waals surface area contributed by atoms with Crippen molar-refractivity contribution in [2.75, 3.05) is 25.1 Å². The smallest absolute Gasteiger partial charge is 0.232 e. The Balaban J connectivity index is 1.54. The molecule has 6 nitrogen and oxygen atoms in total. The zero-order valence-corrected chi connectivity index (χ0v) is 24.7. The molecule has 0 saturated carbocycles. The summed E-state index contributed by atoms with van der Waals surface area (Å²) in [5, 5.41) is 0.656. The van der Waals surface area contributed by atoms with E-state index in [1.807, 2.05) is 42.2 Å². The number of piperidine rings is 1. The number of likely N-dealkylation sites (tertiary alicyclic amines) is 1. The second kappa shape index (κ2) is 12.2. The van der Waals surface area contributed by atoms with Crippen LogP contribution < -0.4 is 20.1 Å². The van der Waals surface area contributed by atoms with E-state index in [2.05, 4.69) is 49.1 Å². The fourth-order valence-corrected chi connectivity index (χ4v) is 6.02. The summed E-state index contributed by atoms with van der Waals surface area (Å²) in [5.41, 5.74) is 11.3. The van der Waals surface area contributed by atoms with Crippen molar-refractivity contribution in [2.24, 2.45) is 5.73 Å². The fourth-order valence-electron chi connectivity index (χ4n) is 5.89. The Morgan fingerprint density at radius 2 is 1.77 bits per heavy atom. The summed E-state index contributed by atoms with van der Waals surface area (Å²) in [6.45, 7) is 8.34. The number of amides is 1. The van der Waals surface area contributed by atoms with Gasteiger partial charge < -0.3 is 20.1 Å². The van der Waals surface area contributed by atoms with Crippen molar-refractivity contribution in [3.63, 3.8) is 0 Å². The first-order chi connectivity index (χ1) is 19.3. The molecule has 1 saturated heterocycles. The fraction of sp³-hybridized carbons (Fsp3) is 0.424. The molecule has 0 spiro atoms. The second-order valence-electron chi connectivity index (χ2n) is 11.1. The predicted molar refractivity (Wildman–Crippen MR) is 161 cm³/mol. The van der Waals surface area contributed by atoms with Crippen LogP contribution in [-0.4, -0.2) is 43.2 Å². The van der Waals surface area contributed by atoms with E-state index in [1.165, 1.54) is 5.56 Å². The summed E-state index contributed by atoms with van der Waals surface area (Å²) >= 11 is 6.26. The van der Waals surface area contributed by atoms with E-state index in [0.717, 1.165) is 54.7 Å². The molecule has 2 aliphatic heterocycles. The third-order valence-electron chi connectivity index (χ3n) is 8.37. The largest absolute Gasteiger partial charge is 0.493 e. The Labute approximate surface area is 243 Å². The number of hydrogen-bond acceptors (Lipinski definition) is 5. The topological polar surface area (TPSA) is 68.0 Å². The maximum absolute atomic E-state index is 13.8. The SMILES string of the molecule is CCC(C)Oc1cc2c(cc1OC)CC(=O)N(c1ccc(C(C)N3CCCC(N)C3)cc1)C2c1ccc(Cl)cc1. The number of methoxy groups -OCH3 is 1. The number of nitrogens with zero attached hydrogens (tertiary/aromatic N) is 2. The van der Waals surface area contributed by atoms with E-state index in [9.17, 15) is 4.79 Å². The lowest BCUT2D eigenvalue weighted by Gasteiger charge is -2.39. The minimum absolute atomic E-state index is 0.0336. The molecule has 7 heteroatoms. The molecule has 2 heterocycles. The van der Waals surface area contributed by atoms with Crippen LogP contribution in [0, 0.1) is 0 Å². The summed E-state index contributed by atoms with van der Waals surface area (Å²) < 4.78 is 11.9. The van der Waals surface area contributed by atoms with Crippen LogP contribution in [0.25, 0.3) is 0 Å². The number of hydrogen-bond donors (Lipinski definition) is 1.